The number of carboxylic acids is 1. The van der Waals surface area contributed by atoms with Crippen LogP contribution in [0.1, 0.15) is 31.1 Å². The van der Waals surface area contributed by atoms with Crippen molar-refractivity contribution >= 4 is 23.3 Å². The van der Waals surface area contributed by atoms with Gasteiger partial charge < -0.3 is 21.5 Å². The molecule has 0 fully saturated rings. The molecule has 1 atom stereocenters. The first-order valence-corrected chi connectivity index (χ1v) is 6.48. The van der Waals surface area contributed by atoms with Gasteiger partial charge in [0, 0.05) is 6.54 Å². The minimum Gasteiger partial charge on any atom is -0.478 e. The van der Waals surface area contributed by atoms with E-state index in [4.69, 9.17) is 10.8 Å². The fourth-order valence-electron chi connectivity index (χ4n) is 1.57. The van der Waals surface area contributed by atoms with Crippen molar-refractivity contribution in [2.45, 2.75) is 26.8 Å². The number of benzene rings is 1. The Kier molecular flexibility index (Phi) is 5.37. The van der Waals surface area contributed by atoms with Gasteiger partial charge in [-0.25, -0.2) is 4.79 Å². The molecule has 0 spiro atoms. The van der Waals surface area contributed by atoms with Crippen LogP contribution in [0.15, 0.2) is 18.2 Å². The predicted molar refractivity (Wildman–Crippen MR) is 78.7 cm³/mol. The first kappa shape index (κ1) is 15.8. The summed E-state index contributed by atoms with van der Waals surface area (Å²) in [7, 11) is 0. The van der Waals surface area contributed by atoms with Crippen LogP contribution in [0.3, 0.4) is 0 Å². The highest BCUT2D eigenvalue weighted by molar-refractivity contribution is 5.91. The Bertz CT molecular complexity index is 500. The lowest BCUT2D eigenvalue weighted by atomic mass is 10.1. The van der Waals surface area contributed by atoms with Crippen molar-refractivity contribution in [2.24, 2.45) is 5.92 Å². The molecule has 0 saturated heterocycles. The fraction of sp³-hybridized carbons (Fsp3) is 0.429. The minimum absolute atomic E-state index is 0.122. The van der Waals surface area contributed by atoms with E-state index in [2.05, 4.69) is 10.6 Å². The molecule has 1 rings (SSSR count). The van der Waals surface area contributed by atoms with Crippen LogP contribution >= 0.6 is 0 Å². The summed E-state index contributed by atoms with van der Waals surface area (Å²) < 4.78 is 0. The zero-order valence-corrected chi connectivity index (χ0v) is 11.9. The van der Waals surface area contributed by atoms with Gasteiger partial charge in [0.1, 0.15) is 6.04 Å². The zero-order chi connectivity index (χ0) is 15.3. The van der Waals surface area contributed by atoms with Crippen LogP contribution in [0.25, 0.3) is 0 Å². The van der Waals surface area contributed by atoms with Crippen LogP contribution in [0.5, 0.6) is 0 Å². The summed E-state index contributed by atoms with van der Waals surface area (Å²) in [5.41, 5.74) is 6.74. The molecule has 6 nitrogen and oxygen atoms in total. The molecule has 0 aromatic heterocycles. The Morgan fingerprint density at radius 3 is 2.50 bits per heavy atom. The molecule has 0 aliphatic carbocycles. The maximum atomic E-state index is 11.9. The summed E-state index contributed by atoms with van der Waals surface area (Å²) in [5.74, 6) is -0.824. The highest BCUT2D eigenvalue weighted by atomic mass is 16.4. The molecule has 5 N–H and O–H groups in total. The Morgan fingerprint density at radius 1 is 1.30 bits per heavy atom. The van der Waals surface area contributed by atoms with Crippen molar-refractivity contribution in [3.63, 3.8) is 0 Å². The van der Waals surface area contributed by atoms with E-state index in [0.29, 0.717) is 23.8 Å². The first-order chi connectivity index (χ1) is 9.31. The molecule has 0 heterocycles. The highest BCUT2D eigenvalue weighted by Crippen LogP contribution is 2.21. The van der Waals surface area contributed by atoms with Gasteiger partial charge in [0.25, 0.3) is 0 Å². The van der Waals surface area contributed by atoms with Gasteiger partial charge in [-0.05, 0) is 31.0 Å². The van der Waals surface area contributed by atoms with Crippen molar-refractivity contribution in [3.05, 3.63) is 23.8 Å². The molecular weight excluding hydrogens is 258 g/mol. The number of aromatic carboxylic acids is 1. The summed E-state index contributed by atoms with van der Waals surface area (Å²) in [5, 5.41) is 14.7. The molecule has 1 aromatic carbocycles. The summed E-state index contributed by atoms with van der Waals surface area (Å²) in [6, 6.07) is 3.85. The lowest BCUT2D eigenvalue weighted by Crippen LogP contribution is -2.39. The molecule has 0 bridgehead atoms. The average Bonchev–Trinajstić information content (AvgIpc) is 2.37. The van der Waals surface area contributed by atoms with Crippen LogP contribution in [0, 0.1) is 5.92 Å². The number of nitrogen functional groups attached to an aromatic ring is 1. The monoisotopic (exact) mass is 279 g/mol. The number of carbonyl (C=O) groups is 2. The van der Waals surface area contributed by atoms with Crippen molar-refractivity contribution < 1.29 is 14.7 Å². The third-order valence-electron chi connectivity index (χ3n) is 2.75. The van der Waals surface area contributed by atoms with Crippen LogP contribution in [0.2, 0.25) is 0 Å². The molecule has 0 aliphatic heterocycles. The van der Waals surface area contributed by atoms with Crippen molar-refractivity contribution in [3.8, 4) is 0 Å². The van der Waals surface area contributed by atoms with E-state index in [0.717, 1.165) is 0 Å². The van der Waals surface area contributed by atoms with Gasteiger partial charge in [0.15, 0.2) is 0 Å². The number of nitrogens with one attached hydrogen (secondary N) is 2. The molecule has 20 heavy (non-hydrogen) atoms. The number of hydrogen-bond donors (Lipinski definition) is 4. The number of anilines is 2. The summed E-state index contributed by atoms with van der Waals surface area (Å²) in [4.78, 5) is 22.8. The largest absolute Gasteiger partial charge is 0.478 e. The summed E-state index contributed by atoms with van der Waals surface area (Å²) in [6.07, 6.45) is 0. The zero-order valence-electron chi connectivity index (χ0n) is 11.9. The Hall–Kier alpha value is -2.24. The van der Waals surface area contributed by atoms with E-state index < -0.39 is 12.0 Å². The third kappa shape index (κ3) is 4.46. The number of carboxylic acid groups (broad SMARTS) is 1. The van der Waals surface area contributed by atoms with E-state index >= 15 is 0 Å². The Balaban J connectivity index is 2.74. The van der Waals surface area contributed by atoms with Gasteiger partial charge in [-0.15, -0.1) is 0 Å². The molecule has 0 saturated carbocycles. The molecule has 1 aromatic rings. The Labute approximate surface area is 118 Å². The fourth-order valence-corrected chi connectivity index (χ4v) is 1.57. The van der Waals surface area contributed by atoms with Crippen molar-refractivity contribution in [1.29, 1.82) is 0 Å². The number of nitrogens with two attached hydrogens (primary N) is 1. The standard InChI is InChI=1S/C14H21N3O3/c1-8(2)7-16-13(18)9(3)17-12-6-10(14(19)20)4-5-11(12)15/h4-6,8-9,17H,7,15H2,1-3H3,(H,16,18)(H,19,20). The minimum atomic E-state index is -1.04. The molecule has 110 valence electrons. The van der Waals surface area contributed by atoms with Crippen molar-refractivity contribution in [2.75, 3.05) is 17.6 Å². The highest BCUT2D eigenvalue weighted by Gasteiger charge is 2.15. The second kappa shape index (κ2) is 6.79. The van der Waals surface area contributed by atoms with Crippen molar-refractivity contribution in [1.82, 2.24) is 5.32 Å². The second-order valence-electron chi connectivity index (χ2n) is 5.11. The SMILES string of the molecule is CC(C)CNC(=O)C(C)Nc1cc(C(=O)O)ccc1N. The Morgan fingerprint density at radius 2 is 1.95 bits per heavy atom. The second-order valence-corrected chi connectivity index (χ2v) is 5.11. The maximum absolute atomic E-state index is 11.9. The van der Waals surface area contributed by atoms with Gasteiger partial charge in [0.2, 0.25) is 5.91 Å². The molecule has 1 amide bonds. The normalized spacial score (nSPS) is 12.0. The molecule has 0 aliphatic rings. The van der Waals surface area contributed by atoms with E-state index in [1.807, 2.05) is 13.8 Å². The topological polar surface area (TPSA) is 104 Å². The maximum Gasteiger partial charge on any atom is 0.335 e. The van der Waals surface area contributed by atoms with Crippen LogP contribution in [0.4, 0.5) is 11.4 Å². The van der Waals surface area contributed by atoms with Gasteiger partial charge in [-0.2, -0.15) is 0 Å². The van der Waals surface area contributed by atoms with Crippen LogP contribution < -0.4 is 16.4 Å². The average molecular weight is 279 g/mol. The molecular formula is C14H21N3O3. The predicted octanol–water partition coefficient (Wildman–Crippen LogP) is 1.54. The lowest BCUT2D eigenvalue weighted by molar-refractivity contribution is -0.121. The molecule has 0 radical (unpaired) electrons. The van der Waals surface area contributed by atoms with E-state index in [1.165, 1.54) is 18.2 Å². The number of hydrogen-bond acceptors (Lipinski definition) is 4. The summed E-state index contributed by atoms with van der Waals surface area (Å²) in [6.45, 7) is 6.30. The van der Waals surface area contributed by atoms with E-state index in [9.17, 15) is 9.59 Å². The summed E-state index contributed by atoms with van der Waals surface area (Å²) >= 11 is 0. The van der Waals surface area contributed by atoms with Gasteiger partial charge in [-0.3, -0.25) is 4.79 Å². The van der Waals surface area contributed by atoms with E-state index in [1.54, 1.807) is 6.92 Å². The molecule has 1 unspecified atom stereocenters. The van der Waals surface area contributed by atoms with E-state index in [-0.39, 0.29) is 11.5 Å². The lowest BCUT2D eigenvalue weighted by Gasteiger charge is -2.17. The van der Waals surface area contributed by atoms with Gasteiger partial charge in [0.05, 0.1) is 16.9 Å². The number of carbonyl (C=O) groups excluding carboxylic acids is 1. The third-order valence-corrected chi connectivity index (χ3v) is 2.75. The quantitative estimate of drug-likeness (QED) is 0.591. The molecule has 6 heteroatoms. The number of rotatable bonds is 6. The number of amides is 1. The smallest absolute Gasteiger partial charge is 0.335 e. The first-order valence-electron chi connectivity index (χ1n) is 6.48. The van der Waals surface area contributed by atoms with Crippen LogP contribution in [-0.4, -0.2) is 29.6 Å². The van der Waals surface area contributed by atoms with Crippen LogP contribution in [-0.2, 0) is 4.79 Å². The van der Waals surface area contributed by atoms with Gasteiger partial charge >= 0.3 is 5.97 Å². The van der Waals surface area contributed by atoms with Gasteiger partial charge in [-0.1, -0.05) is 13.8 Å².